The van der Waals surface area contributed by atoms with Crippen LogP contribution in [-0.4, -0.2) is 4.98 Å². The van der Waals surface area contributed by atoms with Crippen molar-refractivity contribution in [1.29, 1.82) is 0 Å². The number of halogens is 1. The van der Waals surface area contributed by atoms with Crippen LogP contribution in [0.2, 0.25) is 0 Å². The number of pyridine rings is 1. The summed E-state index contributed by atoms with van der Waals surface area (Å²) < 4.78 is 13.6. The zero-order valence-corrected chi connectivity index (χ0v) is 8.73. The highest BCUT2D eigenvalue weighted by molar-refractivity contribution is 5.51. The van der Waals surface area contributed by atoms with Crippen molar-refractivity contribution in [2.24, 2.45) is 0 Å². The minimum absolute atomic E-state index is 0.254. The molecule has 2 nitrogen and oxygen atoms in total. The Morgan fingerprint density at radius 1 is 1.06 bits per heavy atom. The minimum Gasteiger partial charge on any atom is -0.360 e. The van der Waals surface area contributed by atoms with E-state index in [1.165, 1.54) is 17.3 Å². The molecular weight excluding hydrogens is 203 g/mol. The minimum atomic E-state index is -0.254. The van der Waals surface area contributed by atoms with E-state index in [9.17, 15) is 4.39 Å². The van der Waals surface area contributed by atoms with Gasteiger partial charge in [0.15, 0.2) is 5.82 Å². The van der Waals surface area contributed by atoms with Crippen LogP contribution in [0.5, 0.6) is 0 Å². The lowest BCUT2D eigenvalue weighted by atomic mass is 10.1. The highest BCUT2D eigenvalue weighted by Crippen LogP contribution is 2.29. The lowest BCUT2D eigenvalue weighted by Crippen LogP contribution is -2.15. The van der Waals surface area contributed by atoms with Crippen LogP contribution in [0.3, 0.4) is 0 Å². The quantitative estimate of drug-likeness (QED) is 0.725. The van der Waals surface area contributed by atoms with Gasteiger partial charge in [0.05, 0.1) is 11.9 Å². The van der Waals surface area contributed by atoms with Crippen LogP contribution in [0.15, 0.2) is 42.7 Å². The second-order valence-electron chi connectivity index (χ2n) is 3.95. The summed E-state index contributed by atoms with van der Waals surface area (Å²) in [5.74, 6) is -0.254. The number of aromatic nitrogens is 1. The monoisotopic (exact) mass is 214 g/mol. The molecule has 0 fully saturated rings. The molecule has 0 atom stereocenters. The van der Waals surface area contributed by atoms with Crippen LogP contribution < -0.4 is 4.90 Å². The van der Waals surface area contributed by atoms with Gasteiger partial charge in [0.2, 0.25) is 0 Å². The van der Waals surface area contributed by atoms with Crippen molar-refractivity contribution in [2.45, 2.75) is 13.1 Å². The maximum atomic E-state index is 13.6. The van der Waals surface area contributed by atoms with Gasteiger partial charge in [0.1, 0.15) is 0 Å². The second-order valence-corrected chi connectivity index (χ2v) is 3.95. The normalized spacial score (nSPS) is 13.9. The maximum absolute atomic E-state index is 13.6. The number of fused-ring (bicyclic) bond motifs is 1. The van der Waals surface area contributed by atoms with Crippen molar-refractivity contribution in [3.8, 4) is 0 Å². The average molecular weight is 214 g/mol. The molecule has 2 heterocycles. The molecule has 2 aromatic rings. The summed E-state index contributed by atoms with van der Waals surface area (Å²) in [7, 11) is 0. The number of rotatable bonds is 1. The molecule has 80 valence electrons. The van der Waals surface area contributed by atoms with Crippen molar-refractivity contribution in [2.75, 3.05) is 4.90 Å². The molecule has 3 heteroatoms. The van der Waals surface area contributed by atoms with Crippen LogP contribution >= 0.6 is 0 Å². The van der Waals surface area contributed by atoms with Gasteiger partial charge in [-0.05, 0) is 17.2 Å². The standard InChI is InChI=1S/C13H11FN2/c14-12-7-15-6-5-13(12)16-8-10-3-1-2-4-11(10)9-16/h1-7H,8-9H2. The third kappa shape index (κ3) is 1.45. The van der Waals surface area contributed by atoms with E-state index in [0.29, 0.717) is 5.69 Å². The molecule has 3 rings (SSSR count). The molecule has 0 bridgehead atoms. The number of anilines is 1. The van der Waals surface area contributed by atoms with E-state index in [1.807, 2.05) is 17.0 Å². The first-order chi connectivity index (χ1) is 7.84. The lowest BCUT2D eigenvalue weighted by molar-refractivity contribution is 0.613. The van der Waals surface area contributed by atoms with E-state index in [-0.39, 0.29) is 5.82 Å². The van der Waals surface area contributed by atoms with Gasteiger partial charge >= 0.3 is 0 Å². The van der Waals surface area contributed by atoms with Gasteiger partial charge in [0.25, 0.3) is 0 Å². The van der Waals surface area contributed by atoms with Gasteiger partial charge in [-0.3, -0.25) is 4.98 Å². The third-order valence-corrected chi connectivity index (χ3v) is 2.93. The van der Waals surface area contributed by atoms with Gasteiger partial charge in [-0.2, -0.15) is 0 Å². The van der Waals surface area contributed by atoms with Crippen molar-refractivity contribution >= 4 is 5.69 Å². The van der Waals surface area contributed by atoms with Crippen LogP contribution in [0.1, 0.15) is 11.1 Å². The first kappa shape index (κ1) is 9.33. The van der Waals surface area contributed by atoms with Gasteiger partial charge in [-0.15, -0.1) is 0 Å². The summed E-state index contributed by atoms with van der Waals surface area (Å²) in [6.07, 6.45) is 2.89. The molecular formula is C13H11FN2. The van der Waals surface area contributed by atoms with Gasteiger partial charge in [-0.25, -0.2) is 4.39 Å². The van der Waals surface area contributed by atoms with Gasteiger partial charge in [-0.1, -0.05) is 24.3 Å². The molecule has 1 aliphatic rings. The molecule has 16 heavy (non-hydrogen) atoms. The number of hydrogen-bond acceptors (Lipinski definition) is 2. The summed E-state index contributed by atoms with van der Waals surface area (Å²) >= 11 is 0. The van der Waals surface area contributed by atoms with E-state index in [2.05, 4.69) is 17.1 Å². The molecule has 1 aliphatic heterocycles. The van der Waals surface area contributed by atoms with Crippen molar-refractivity contribution in [1.82, 2.24) is 4.98 Å². The fraction of sp³-hybridized carbons (Fsp3) is 0.154. The average Bonchev–Trinajstić information content (AvgIpc) is 2.73. The zero-order valence-electron chi connectivity index (χ0n) is 8.73. The topological polar surface area (TPSA) is 16.1 Å². The molecule has 0 saturated carbocycles. The molecule has 1 aromatic heterocycles. The molecule has 0 N–H and O–H groups in total. The Labute approximate surface area is 93.4 Å². The summed E-state index contributed by atoms with van der Waals surface area (Å²) in [4.78, 5) is 5.79. The van der Waals surface area contributed by atoms with Crippen LogP contribution in [0.4, 0.5) is 10.1 Å². The Balaban J connectivity index is 1.95. The van der Waals surface area contributed by atoms with Crippen molar-refractivity contribution < 1.29 is 4.39 Å². The fourth-order valence-corrected chi connectivity index (χ4v) is 2.13. The lowest BCUT2D eigenvalue weighted by Gasteiger charge is -2.17. The van der Waals surface area contributed by atoms with Gasteiger partial charge < -0.3 is 4.90 Å². The molecule has 1 aromatic carbocycles. The smallest absolute Gasteiger partial charge is 0.164 e. The second kappa shape index (κ2) is 3.59. The van der Waals surface area contributed by atoms with Crippen LogP contribution in [0.25, 0.3) is 0 Å². The maximum Gasteiger partial charge on any atom is 0.164 e. The van der Waals surface area contributed by atoms with Gasteiger partial charge in [0, 0.05) is 19.3 Å². The largest absolute Gasteiger partial charge is 0.360 e. The predicted octanol–water partition coefficient (Wildman–Crippen LogP) is 2.74. The number of nitrogens with zero attached hydrogens (tertiary/aromatic N) is 2. The van der Waals surface area contributed by atoms with E-state index >= 15 is 0 Å². The number of benzene rings is 1. The third-order valence-electron chi connectivity index (χ3n) is 2.93. The summed E-state index contributed by atoms with van der Waals surface area (Å²) in [5, 5.41) is 0. The summed E-state index contributed by atoms with van der Waals surface area (Å²) in [6, 6.07) is 9.94. The molecule has 0 unspecified atom stereocenters. The molecule has 0 spiro atoms. The Hall–Kier alpha value is -1.90. The Kier molecular flexibility index (Phi) is 2.10. The number of hydrogen-bond donors (Lipinski definition) is 0. The molecule has 0 saturated heterocycles. The Morgan fingerprint density at radius 3 is 2.38 bits per heavy atom. The van der Waals surface area contributed by atoms with E-state index in [4.69, 9.17) is 0 Å². The fourth-order valence-electron chi connectivity index (χ4n) is 2.13. The summed E-state index contributed by atoms with van der Waals surface area (Å²) in [5.41, 5.74) is 3.18. The van der Waals surface area contributed by atoms with Crippen LogP contribution in [0, 0.1) is 5.82 Å². The van der Waals surface area contributed by atoms with Crippen LogP contribution in [-0.2, 0) is 13.1 Å². The molecule has 0 radical (unpaired) electrons. The Morgan fingerprint density at radius 2 is 1.75 bits per heavy atom. The summed E-state index contributed by atoms with van der Waals surface area (Å²) in [6.45, 7) is 1.55. The van der Waals surface area contributed by atoms with E-state index in [1.54, 1.807) is 12.3 Å². The van der Waals surface area contributed by atoms with Crippen molar-refractivity contribution in [3.63, 3.8) is 0 Å². The zero-order chi connectivity index (χ0) is 11.0. The highest BCUT2D eigenvalue weighted by atomic mass is 19.1. The van der Waals surface area contributed by atoms with E-state index < -0.39 is 0 Å². The van der Waals surface area contributed by atoms with E-state index in [0.717, 1.165) is 13.1 Å². The first-order valence-corrected chi connectivity index (χ1v) is 5.26. The molecule has 0 amide bonds. The first-order valence-electron chi connectivity index (χ1n) is 5.26. The highest BCUT2D eigenvalue weighted by Gasteiger charge is 2.20. The van der Waals surface area contributed by atoms with Crippen molar-refractivity contribution in [3.05, 3.63) is 59.7 Å². The molecule has 0 aliphatic carbocycles. The predicted molar refractivity (Wildman–Crippen MR) is 60.5 cm³/mol. The Bertz CT molecular complexity index is 500. The SMILES string of the molecule is Fc1cnccc1N1Cc2ccccc2C1.